The summed E-state index contributed by atoms with van der Waals surface area (Å²) < 4.78 is 0. The highest BCUT2D eigenvalue weighted by Gasteiger charge is 2.33. The Hall–Kier alpha value is -0.820. The zero-order chi connectivity index (χ0) is 11.0. The second-order valence-electron chi connectivity index (χ2n) is 4.29. The van der Waals surface area contributed by atoms with Crippen LogP contribution in [0.15, 0.2) is 34.4 Å². The fourth-order valence-electron chi connectivity index (χ4n) is 2.24. The van der Waals surface area contributed by atoms with Gasteiger partial charge in [0.1, 0.15) is 0 Å². The molecule has 0 saturated heterocycles. The predicted molar refractivity (Wildman–Crippen MR) is 62.7 cm³/mol. The molecule has 0 saturated carbocycles. The Balaban J connectivity index is 2.47. The molecule has 0 radical (unpaired) electrons. The third-order valence-electron chi connectivity index (χ3n) is 3.30. The first-order chi connectivity index (χ1) is 7.13. The van der Waals surface area contributed by atoms with Crippen molar-refractivity contribution in [2.45, 2.75) is 26.7 Å². The molecule has 0 unspecified atom stereocenters. The summed E-state index contributed by atoms with van der Waals surface area (Å²) in [7, 11) is 0. The Morgan fingerprint density at radius 3 is 2.93 bits per heavy atom. The molecule has 0 heterocycles. The van der Waals surface area contributed by atoms with E-state index in [0.717, 1.165) is 12.0 Å². The van der Waals surface area contributed by atoms with Gasteiger partial charge in [-0.05, 0) is 29.4 Å². The SMILES string of the molecule is CCC1=CC2=C(Cl)C(=O)C[C@H]2[C@H](C)C=C1. The number of halogens is 1. The minimum Gasteiger partial charge on any atom is -0.293 e. The molecule has 2 heteroatoms. The third kappa shape index (κ3) is 1.81. The Labute approximate surface area is 95.5 Å². The molecule has 80 valence electrons. The van der Waals surface area contributed by atoms with Crippen LogP contribution in [0, 0.1) is 11.8 Å². The summed E-state index contributed by atoms with van der Waals surface area (Å²) in [5, 5.41) is 0.460. The van der Waals surface area contributed by atoms with Crippen LogP contribution in [0.2, 0.25) is 0 Å². The Bertz CT molecular complexity index is 387. The van der Waals surface area contributed by atoms with E-state index in [1.165, 1.54) is 5.57 Å². The van der Waals surface area contributed by atoms with Gasteiger partial charge in [-0.3, -0.25) is 4.79 Å². The quantitative estimate of drug-likeness (QED) is 0.663. The number of hydrogen-bond acceptors (Lipinski definition) is 1. The number of carbonyl (C=O) groups excluding carboxylic acids is 1. The third-order valence-corrected chi connectivity index (χ3v) is 3.73. The van der Waals surface area contributed by atoms with Crippen molar-refractivity contribution in [2.75, 3.05) is 0 Å². The van der Waals surface area contributed by atoms with Gasteiger partial charge in [0.05, 0.1) is 5.03 Å². The molecule has 2 aliphatic carbocycles. The number of Topliss-reactive ketones (excluding diaryl/α,β-unsaturated/α-hetero) is 1. The Kier molecular flexibility index (Phi) is 2.83. The maximum absolute atomic E-state index is 11.6. The van der Waals surface area contributed by atoms with Crippen LogP contribution >= 0.6 is 11.6 Å². The van der Waals surface area contributed by atoms with Crippen LogP contribution in [0.3, 0.4) is 0 Å². The molecule has 0 fully saturated rings. The first kappa shape index (κ1) is 10.7. The molecule has 0 aromatic rings. The van der Waals surface area contributed by atoms with E-state index in [-0.39, 0.29) is 5.78 Å². The van der Waals surface area contributed by atoms with Gasteiger partial charge in [-0.1, -0.05) is 43.7 Å². The topological polar surface area (TPSA) is 17.1 Å². The van der Waals surface area contributed by atoms with Gasteiger partial charge in [0.2, 0.25) is 0 Å². The van der Waals surface area contributed by atoms with Gasteiger partial charge >= 0.3 is 0 Å². The van der Waals surface area contributed by atoms with Crippen molar-refractivity contribution in [1.29, 1.82) is 0 Å². The highest BCUT2D eigenvalue weighted by molar-refractivity contribution is 6.44. The lowest BCUT2D eigenvalue weighted by atomic mass is 9.89. The number of fused-ring (bicyclic) bond motifs is 1. The van der Waals surface area contributed by atoms with Crippen molar-refractivity contribution in [1.82, 2.24) is 0 Å². The van der Waals surface area contributed by atoms with E-state index in [0.29, 0.717) is 23.3 Å². The lowest BCUT2D eigenvalue weighted by Crippen LogP contribution is -2.08. The molecule has 0 spiro atoms. The monoisotopic (exact) mass is 222 g/mol. The number of rotatable bonds is 1. The van der Waals surface area contributed by atoms with E-state index >= 15 is 0 Å². The van der Waals surface area contributed by atoms with Crippen molar-refractivity contribution in [3.05, 3.63) is 34.4 Å². The van der Waals surface area contributed by atoms with Crippen LogP contribution in [0.4, 0.5) is 0 Å². The van der Waals surface area contributed by atoms with Crippen LogP contribution in [0.1, 0.15) is 26.7 Å². The molecule has 0 N–H and O–H groups in total. The van der Waals surface area contributed by atoms with Gasteiger partial charge in [0, 0.05) is 6.42 Å². The van der Waals surface area contributed by atoms with E-state index in [1.807, 2.05) is 0 Å². The lowest BCUT2D eigenvalue weighted by Gasteiger charge is -2.14. The van der Waals surface area contributed by atoms with Crippen LogP contribution in [0.25, 0.3) is 0 Å². The molecular formula is C13H15ClO. The van der Waals surface area contributed by atoms with Crippen molar-refractivity contribution in [3.63, 3.8) is 0 Å². The number of hydrogen-bond donors (Lipinski definition) is 0. The van der Waals surface area contributed by atoms with Crippen molar-refractivity contribution in [2.24, 2.45) is 11.8 Å². The molecule has 0 aliphatic heterocycles. The summed E-state index contributed by atoms with van der Waals surface area (Å²) in [5.74, 6) is 0.802. The minimum atomic E-state index is 0.102. The fraction of sp³-hybridized carbons (Fsp3) is 0.462. The van der Waals surface area contributed by atoms with Crippen LogP contribution in [0.5, 0.6) is 0 Å². The average Bonchev–Trinajstić information content (AvgIpc) is 2.42. The molecule has 2 rings (SSSR count). The molecule has 1 nitrogen and oxygen atoms in total. The number of allylic oxidation sites excluding steroid dienone is 6. The average molecular weight is 223 g/mol. The summed E-state index contributed by atoms with van der Waals surface area (Å²) in [6.07, 6.45) is 8.00. The van der Waals surface area contributed by atoms with Crippen LogP contribution in [-0.2, 0) is 4.79 Å². The van der Waals surface area contributed by atoms with Crippen molar-refractivity contribution >= 4 is 17.4 Å². The largest absolute Gasteiger partial charge is 0.293 e. The zero-order valence-corrected chi connectivity index (χ0v) is 9.84. The van der Waals surface area contributed by atoms with E-state index < -0.39 is 0 Å². The fourth-order valence-corrected chi connectivity index (χ4v) is 2.51. The second-order valence-corrected chi connectivity index (χ2v) is 4.67. The van der Waals surface area contributed by atoms with Gasteiger partial charge in [-0.2, -0.15) is 0 Å². The zero-order valence-electron chi connectivity index (χ0n) is 9.09. The molecule has 15 heavy (non-hydrogen) atoms. The molecule has 0 aromatic heterocycles. The molecular weight excluding hydrogens is 208 g/mol. The molecule has 0 aromatic carbocycles. The Morgan fingerprint density at radius 1 is 1.53 bits per heavy atom. The first-order valence-corrected chi connectivity index (χ1v) is 5.83. The standard InChI is InChI=1S/C13H15ClO/c1-3-9-5-4-8(2)10-7-12(15)13(14)11(10)6-9/h4-6,8,10H,3,7H2,1-2H3/t8-,10+/m1/s1. The maximum Gasteiger partial charge on any atom is 0.175 e. The minimum absolute atomic E-state index is 0.102. The van der Waals surface area contributed by atoms with E-state index in [9.17, 15) is 4.79 Å². The predicted octanol–water partition coefficient (Wildman–Crippen LogP) is 3.61. The highest BCUT2D eigenvalue weighted by atomic mass is 35.5. The normalized spacial score (nSPS) is 30.3. The Morgan fingerprint density at radius 2 is 2.27 bits per heavy atom. The van der Waals surface area contributed by atoms with Crippen LogP contribution in [-0.4, -0.2) is 5.78 Å². The number of carbonyl (C=O) groups is 1. The highest BCUT2D eigenvalue weighted by Crippen LogP contribution is 2.40. The summed E-state index contributed by atoms with van der Waals surface area (Å²) in [4.78, 5) is 11.6. The maximum atomic E-state index is 11.6. The molecule has 0 bridgehead atoms. The summed E-state index contributed by atoms with van der Waals surface area (Å²) in [6.45, 7) is 4.27. The number of ketones is 1. The summed E-state index contributed by atoms with van der Waals surface area (Å²) >= 11 is 6.05. The van der Waals surface area contributed by atoms with Crippen LogP contribution < -0.4 is 0 Å². The van der Waals surface area contributed by atoms with Gasteiger partial charge in [-0.25, -0.2) is 0 Å². The van der Waals surface area contributed by atoms with E-state index in [4.69, 9.17) is 11.6 Å². The van der Waals surface area contributed by atoms with Crippen molar-refractivity contribution in [3.8, 4) is 0 Å². The smallest absolute Gasteiger partial charge is 0.175 e. The van der Waals surface area contributed by atoms with Gasteiger partial charge in [-0.15, -0.1) is 0 Å². The summed E-state index contributed by atoms with van der Waals surface area (Å²) in [6, 6.07) is 0. The molecule has 0 amide bonds. The van der Waals surface area contributed by atoms with E-state index in [1.54, 1.807) is 0 Å². The van der Waals surface area contributed by atoms with Gasteiger partial charge in [0.25, 0.3) is 0 Å². The summed E-state index contributed by atoms with van der Waals surface area (Å²) in [5.41, 5.74) is 2.31. The van der Waals surface area contributed by atoms with Gasteiger partial charge < -0.3 is 0 Å². The second kappa shape index (κ2) is 3.97. The van der Waals surface area contributed by atoms with Crippen molar-refractivity contribution < 1.29 is 4.79 Å². The van der Waals surface area contributed by atoms with E-state index in [2.05, 4.69) is 32.1 Å². The molecule has 2 atom stereocenters. The first-order valence-electron chi connectivity index (χ1n) is 5.45. The van der Waals surface area contributed by atoms with Gasteiger partial charge in [0.15, 0.2) is 5.78 Å². The molecule has 2 aliphatic rings. The lowest BCUT2D eigenvalue weighted by molar-refractivity contribution is -0.114.